The highest BCUT2D eigenvalue weighted by atomic mass is 19.1. The summed E-state index contributed by atoms with van der Waals surface area (Å²) in [6, 6.07) is 15.4. The molecule has 0 radical (unpaired) electrons. The van der Waals surface area contributed by atoms with E-state index in [4.69, 9.17) is 0 Å². The van der Waals surface area contributed by atoms with Gasteiger partial charge >= 0.3 is 0 Å². The van der Waals surface area contributed by atoms with Crippen LogP contribution in [0.15, 0.2) is 54.6 Å². The highest BCUT2D eigenvalue weighted by Crippen LogP contribution is 2.22. The third-order valence-electron chi connectivity index (χ3n) is 5.17. The number of carbonyl (C=O) groups is 2. The molecule has 5 nitrogen and oxygen atoms in total. The summed E-state index contributed by atoms with van der Waals surface area (Å²) < 4.78 is 16.0. The Kier molecular flexibility index (Phi) is 5.10. The Hall–Kier alpha value is -3.15. The lowest BCUT2D eigenvalue weighted by molar-refractivity contribution is -0.122. The van der Waals surface area contributed by atoms with Crippen LogP contribution in [-0.2, 0) is 11.3 Å². The molecule has 144 valence electrons. The van der Waals surface area contributed by atoms with E-state index < -0.39 is 6.04 Å². The van der Waals surface area contributed by atoms with Crippen molar-refractivity contribution in [2.75, 3.05) is 6.54 Å². The fourth-order valence-electron chi connectivity index (χ4n) is 3.68. The lowest BCUT2D eigenvalue weighted by Gasteiger charge is -2.17. The average Bonchev–Trinajstić information content (AvgIpc) is 2.94. The number of amides is 2. The molecule has 1 aliphatic heterocycles. The Morgan fingerprint density at radius 1 is 1.14 bits per heavy atom. The molecule has 28 heavy (non-hydrogen) atoms. The van der Waals surface area contributed by atoms with Crippen LogP contribution in [0.3, 0.4) is 0 Å². The van der Waals surface area contributed by atoms with Crippen molar-refractivity contribution in [3.8, 4) is 0 Å². The summed E-state index contributed by atoms with van der Waals surface area (Å²) in [7, 11) is 0. The van der Waals surface area contributed by atoms with Crippen LogP contribution in [0.1, 0.15) is 35.3 Å². The van der Waals surface area contributed by atoms with Gasteiger partial charge in [-0.15, -0.1) is 0 Å². The van der Waals surface area contributed by atoms with Crippen molar-refractivity contribution >= 4 is 22.7 Å². The van der Waals surface area contributed by atoms with Crippen molar-refractivity contribution in [2.24, 2.45) is 0 Å². The number of nitrogens with one attached hydrogen (secondary N) is 2. The second-order valence-electron chi connectivity index (χ2n) is 7.08. The Morgan fingerprint density at radius 3 is 2.79 bits per heavy atom. The smallest absolute Gasteiger partial charge is 0.268 e. The zero-order chi connectivity index (χ0) is 19.5. The van der Waals surface area contributed by atoms with Gasteiger partial charge in [-0.3, -0.25) is 9.59 Å². The van der Waals surface area contributed by atoms with Gasteiger partial charge in [0, 0.05) is 23.0 Å². The minimum atomic E-state index is -0.546. The number of hydrogen-bond donors (Lipinski definition) is 2. The fourth-order valence-corrected chi connectivity index (χ4v) is 3.68. The maximum atomic E-state index is 14.2. The van der Waals surface area contributed by atoms with E-state index in [1.54, 1.807) is 28.8 Å². The zero-order valence-electron chi connectivity index (χ0n) is 15.5. The molecule has 2 N–H and O–H groups in total. The van der Waals surface area contributed by atoms with Gasteiger partial charge in [0.15, 0.2) is 0 Å². The van der Waals surface area contributed by atoms with Crippen LogP contribution < -0.4 is 10.6 Å². The monoisotopic (exact) mass is 379 g/mol. The first-order chi connectivity index (χ1) is 13.6. The summed E-state index contributed by atoms with van der Waals surface area (Å²) in [6.45, 7) is 0.874. The number of halogens is 1. The normalized spacial score (nSPS) is 17.2. The van der Waals surface area contributed by atoms with Crippen LogP contribution in [-0.4, -0.2) is 29.0 Å². The van der Waals surface area contributed by atoms with Gasteiger partial charge in [0.2, 0.25) is 5.91 Å². The van der Waals surface area contributed by atoms with Crippen molar-refractivity contribution in [3.05, 3.63) is 71.7 Å². The van der Waals surface area contributed by atoms with Crippen molar-refractivity contribution in [3.63, 3.8) is 0 Å². The summed E-state index contributed by atoms with van der Waals surface area (Å²) >= 11 is 0. The Bertz CT molecular complexity index is 1030. The first kappa shape index (κ1) is 18.2. The number of rotatable bonds is 4. The lowest BCUT2D eigenvalue weighted by Crippen LogP contribution is -2.45. The molecule has 2 heterocycles. The van der Waals surface area contributed by atoms with Gasteiger partial charge in [0.25, 0.3) is 5.91 Å². The largest absolute Gasteiger partial charge is 0.354 e. The fraction of sp³-hybridized carbons (Fsp3) is 0.273. The SMILES string of the molecule is O=C(NC1CCCCNC1=O)c1cc2ccccc2n1Cc1ccccc1F. The molecule has 2 amide bonds. The number of para-hydroxylation sites is 1. The minimum absolute atomic E-state index is 0.150. The maximum absolute atomic E-state index is 14.2. The zero-order valence-corrected chi connectivity index (χ0v) is 15.5. The second-order valence-corrected chi connectivity index (χ2v) is 7.08. The van der Waals surface area contributed by atoms with Crippen molar-refractivity contribution in [1.29, 1.82) is 0 Å². The molecule has 0 spiro atoms. The molecule has 4 rings (SSSR count). The summed E-state index contributed by atoms with van der Waals surface area (Å²) in [6.07, 6.45) is 2.40. The number of benzene rings is 2. The predicted molar refractivity (Wildman–Crippen MR) is 106 cm³/mol. The molecule has 0 aliphatic carbocycles. The molecule has 0 saturated carbocycles. The van der Waals surface area contributed by atoms with E-state index >= 15 is 0 Å². The summed E-state index contributed by atoms with van der Waals surface area (Å²) in [4.78, 5) is 25.2. The number of fused-ring (bicyclic) bond motifs is 1. The van der Waals surface area contributed by atoms with Gasteiger partial charge in [0.1, 0.15) is 17.6 Å². The van der Waals surface area contributed by atoms with E-state index in [0.717, 1.165) is 23.7 Å². The number of nitrogens with zero attached hydrogens (tertiary/aromatic N) is 1. The van der Waals surface area contributed by atoms with Crippen LogP contribution in [0.2, 0.25) is 0 Å². The van der Waals surface area contributed by atoms with Gasteiger partial charge in [-0.2, -0.15) is 0 Å². The second kappa shape index (κ2) is 7.84. The molecule has 1 saturated heterocycles. The molecule has 3 aromatic rings. The topological polar surface area (TPSA) is 63.1 Å². The first-order valence-corrected chi connectivity index (χ1v) is 9.54. The maximum Gasteiger partial charge on any atom is 0.268 e. The molecular weight excluding hydrogens is 357 g/mol. The van der Waals surface area contributed by atoms with Crippen LogP contribution >= 0.6 is 0 Å². The Morgan fingerprint density at radius 2 is 1.93 bits per heavy atom. The van der Waals surface area contributed by atoms with Crippen LogP contribution in [0.25, 0.3) is 10.9 Å². The van der Waals surface area contributed by atoms with E-state index in [9.17, 15) is 14.0 Å². The number of aromatic nitrogens is 1. The van der Waals surface area contributed by atoms with Crippen LogP contribution in [0.4, 0.5) is 4.39 Å². The average molecular weight is 379 g/mol. The molecule has 0 bridgehead atoms. The quantitative estimate of drug-likeness (QED) is 0.731. The molecular formula is C22H22FN3O2. The number of hydrogen-bond acceptors (Lipinski definition) is 2. The van der Waals surface area contributed by atoms with E-state index in [-0.39, 0.29) is 24.2 Å². The van der Waals surface area contributed by atoms with Crippen molar-refractivity contribution in [1.82, 2.24) is 15.2 Å². The summed E-state index contributed by atoms with van der Waals surface area (Å²) in [5, 5.41) is 6.59. The number of carbonyl (C=O) groups excluding carboxylic acids is 2. The highest BCUT2D eigenvalue weighted by Gasteiger charge is 2.25. The molecule has 1 unspecified atom stereocenters. The van der Waals surface area contributed by atoms with E-state index in [0.29, 0.717) is 24.2 Å². The van der Waals surface area contributed by atoms with Crippen molar-refractivity contribution < 1.29 is 14.0 Å². The van der Waals surface area contributed by atoms with Gasteiger partial charge in [0.05, 0.1) is 6.54 Å². The Balaban J connectivity index is 1.69. The standard InChI is InChI=1S/C22H22FN3O2/c23-17-9-3-1-8-16(17)14-26-19-11-4-2-7-15(19)13-20(26)22(28)25-18-10-5-6-12-24-21(18)27/h1-4,7-9,11,13,18H,5-6,10,12,14H2,(H,24,27)(H,25,28). The first-order valence-electron chi connectivity index (χ1n) is 9.54. The minimum Gasteiger partial charge on any atom is -0.354 e. The van der Waals surface area contributed by atoms with Gasteiger partial charge < -0.3 is 15.2 Å². The van der Waals surface area contributed by atoms with Gasteiger partial charge in [-0.05, 0) is 37.5 Å². The van der Waals surface area contributed by atoms with Crippen LogP contribution in [0, 0.1) is 5.82 Å². The Labute approximate surface area is 162 Å². The molecule has 2 aromatic carbocycles. The van der Waals surface area contributed by atoms with E-state index in [2.05, 4.69) is 10.6 Å². The predicted octanol–water partition coefficient (Wildman–Crippen LogP) is 3.23. The highest BCUT2D eigenvalue weighted by molar-refractivity contribution is 6.00. The lowest BCUT2D eigenvalue weighted by atomic mass is 10.1. The van der Waals surface area contributed by atoms with Gasteiger partial charge in [-0.1, -0.05) is 36.4 Å². The molecule has 1 atom stereocenters. The third kappa shape index (κ3) is 3.63. The molecule has 1 fully saturated rings. The van der Waals surface area contributed by atoms with Crippen LogP contribution in [0.5, 0.6) is 0 Å². The van der Waals surface area contributed by atoms with Crippen molar-refractivity contribution in [2.45, 2.75) is 31.8 Å². The molecule has 1 aliphatic rings. The van der Waals surface area contributed by atoms with E-state index in [1.165, 1.54) is 6.07 Å². The summed E-state index contributed by atoms with van der Waals surface area (Å²) in [5.41, 5.74) is 1.77. The van der Waals surface area contributed by atoms with E-state index in [1.807, 2.05) is 24.3 Å². The molecule has 1 aromatic heterocycles. The summed E-state index contributed by atoms with van der Waals surface area (Å²) in [5.74, 6) is -0.785. The van der Waals surface area contributed by atoms with Gasteiger partial charge in [-0.25, -0.2) is 4.39 Å². The third-order valence-corrected chi connectivity index (χ3v) is 5.17. The molecule has 6 heteroatoms.